The zero-order valence-electron chi connectivity index (χ0n) is 8.84. The van der Waals surface area contributed by atoms with E-state index in [0.29, 0.717) is 5.25 Å². The normalized spacial score (nSPS) is 38.4. The summed E-state index contributed by atoms with van der Waals surface area (Å²) in [6.07, 6.45) is 11.5. The predicted molar refractivity (Wildman–Crippen MR) is 63.7 cm³/mol. The topological polar surface area (TPSA) is 0 Å². The van der Waals surface area contributed by atoms with Crippen LogP contribution in [0.15, 0.2) is 11.1 Å². The molecular formula is C13H20S. The molecule has 0 amide bonds. The first kappa shape index (κ1) is 9.33. The highest BCUT2D eigenvalue weighted by atomic mass is 32.1. The molecule has 78 valence electrons. The Balaban J connectivity index is 1.71. The fourth-order valence-corrected chi connectivity index (χ4v) is 3.98. The average Bonchev–Trinajstić information content (AvgIpc) is 2.46. The van der Waals surface area contributed by atoms with E-state index in [4.69, 9.17) is 12.6 Å². The van der Waals surface area contributed by atoms with Crippen LogP contribution in [0.4, 0.5) is 0 Å². The van der Waals surface area contributed by atoms with Gasteiger partial charge < -0.3 is 0 Å². The van der Waals surface area contributed by atoms with E-state index in [9.17, 15) is 0 Å². The van der Waals surface area contributed by atoms with Gasteiger partial charge in [-0.05, 0) is 43.9 Å². The maximum atomic E-state index is 4.73. The van der Waals surface area contributed by atoms with Crippen LogP contribution in [0.2, 0.25) is 0 Å². The van der Waals surface area contributed by atoms with E-state index >= 15 is 0 Å². The van der Waals surface area contributed by atoms with E-state index in [1.807, 2.05) is 5.57 Å². The van der Waals surface area contributed by atoms with Crippen LogP contribution < -0.4 is 0 Å². The van der Waals surface area contributed by atoms with Gasteiger partial charge in [-0.25, -0.2) is 0 Å². The quantitative estimate of drug-likeness (QED) is 0.489. The van der Waals surface area contributed by atoms with Crippen LogP contribution in [-0.4, -0.2) is 5.25 Å². The third-order valence-electron chi connectivity index (χ3n) is 4.62. The molecule has 0 saturated heterocycles. The van der Waals surface area contributed by atoms with Crippen molar-refractivity contribution < 1.29 is 0 Å². The molecule has 2 unspecified atom stereocenters. The summed E-state index contributed by atoms with van der Waals surface area (Å²) in [4.78, 5) is 0. The van der Waals surface area contributed by atoms with Crippen molar-refractivity contribution in [3.05, 3.63) is 11.1 Å². The fraction of sp³-hybridized carbons (Fsp3) is 0.846. The molecule has 1 saturated carbocycles. The van der Waals surface area contributed by atoms with Crippen molar-refractivity contribution in [1.82, 2.24) is 0 Å². The lowest BCUT2D eigenvalue weighted by atomic mass is 9.74. The lowest BCUT2D eigenvalue weighted by Crippen LogP contribution is -2.20. The molecular weight excluding hydrogens is 188 g/mol. The molecule has 0 heterocycles. The summed E-state index contributed by atoms with van der Waals surface area (Å²) in [5, 5.41) is 0.629. The molecule has 1 heteroatoms. The monoisotopic (exact) mass is 208 g/mol. The predicted octanol–water partition coefficient (Wildman–Crippen LogP) is 3.98. The van der Waals surface area contributed by atoms with Crippen LogP contribution in [0.1, 0.15) is 51.4 Å². The zero-order valence-corrected chi connectivity index (χ0v) is 9.73. The van der Waals surface area contributed by atoms with Crippen LogP contribution in [-0.2, 0) is 0 Å². The van der Waals surface area contributed by atoms with Gasteiger partial charge in [0, 0.05) is 5.25 Å². The second kappa shape index (κ2) is 3.59. The molecule has 14 heavy (non-hydrogen) atoms. The van der Waals surface area contributed by atoms with Crippen molar-refractivity contribution in [2.24, 2.45) is 11.8 Å². The van der Waals surface area contributed by atoms with Crippen molar-refractivity contribution in [3.63, 3.8) is 0 Å². The summed E-state index contributed by atoms with van der Waals surface area (Å²) in [5.41, 5.74) is 3.57. The molecule has 3 rings (SSSR count). The van der Waals surface area contributed by atoms with E-state index in [-0.39, 0.29) is 0 Å². The number of thiol groups is 1. The number of allylic oxidation sites excluding steroid dienone is 1. The molecule has 0 spiro atoms. The third kappa shape index (κ3) is 1.44. The summed E-state index contributed by atoms with van der Waals surface area (Å²) in [5.74, 6) is 2.11. The maximum Gasteiger partial charge on any atom is 0.0229 e. The molecule has 3 aliphatic rings. The van der Waals surface area contributed by atoms with Gasteiger partial charge in [0.2, 0.25) is 0 Å². The Morgan fingerprint density at radius 2 is 1.79 bits per heavy atom. The first-order valence-corrected chi connectivity index (χ1v) is 6.75. The second-order valence-electron chi connectivity index (χ2n) is 5.40. The standard InChI is InChI=1S/C13H20S/c14-13-6-2-5-10-7-11(8-12(10)13)9-3-1-4-9/h9,11,13-14H,1-8H2. The number of hydrogen-bond acceptors (Lipinski definition) is 1. The van der Waals surface area contributed by atoms with Crippen molar-refractivity contribution in [3.8, 4) is 0 Å². The van der Waals surface area contributed by atoms with Crippen molar-refractivity contribution in [2.45, 2.75) is 56.6 Å². The highest BCUT2D eigenvalue weighted by Crippen LogP contribution is 2.49. The van der Waals surface area contributed by atoms with Gasteiger partial charge >= 0.3 is 0 Å². The fourth-order valence-electron chi connectivity index (χ4n) is 3.51. The average molecular weight is 208 g/mol. The van der Waals surface area contributed by atoms with Crippen molar-refractivity contribution in [1.29, 1.82) is 0 Å². The minimum Gasteiger partial charge on any atom is -0.171 e. The van der Waals surface area contributed by atoms with E-state index in [1.54, 1.807) is 5.57 Å². The van der Waals surface area contributed by atoms with Crippen molar-refractivity contribution in [2.75, 3.05) is 0 Å². The minimum absolute atomic E-state index is 0.629. The van der Waals surface area contributed by atoms with E-state index in [0.717, 1.165) is 11.8 Å². The second-order valence-corrected chi connectivity index (χ2v) is 6.02. The maximum absolute atomic E-state index is 4.73. The molecule has 0 bridgehead atoms. The van der Waals surface area contributed by atoms with Crippen LogP contribution in [0.3, 0.4) is 0 Å². The van der Waals surface area contributed by atoms with Gasteiger partial charge in [0.15, 0.2) is 0 Å². The highest BCUT2D eigenvalue weighted by molar-refractivity contribution is 7.81. The van der Waals surface area contributed by atoms with E-state index in [1.165, 1.54) is 51.4 Å². The molecule has 0 radical (unpaired) electrons. The third-order valence-corrected chi connectivity index (χ3v) is 5.19. The first-order valence-electron chi connectivity index (χ1n) is 6.23. The molecule has 0 aromatic rings. The van der Waals surface area contributed by atoms with Gasteiger partial charge in [0.25, 0.3) is 0 Å². The molecule has 3 aliphatic carbocycles. The highest BCUT2D eigenvalue weighted by Gasteiger charge is 2.36. The molecule has 0 aliphatic heterocycles. The Hall–Kier alpha value is 0.0900. The summed E-state index contributed by atoms with van der Waals surface area (Å²) < 4.78 is 0. The summed E-state index contributed by atoms with van der Waals surface area (Å²) >= 11 is 4.73. The molecule has 0 aromatic heterocycles. The molecule has 1 fully saturated rings. The Kier molecular flexibility index (Phi) is 2.39. The Morgan fingerprint density at radius 3 is 2.43 bits per heavy atom. The summed E-state index contributed by atoms with van der Waals surface area (Å²) in [7, 11) is 0. The van der Waals surface area contributed by atoms with Crippen LogP contribution in [0, 0.1) is 11.8 Å². The minimum atomic E-state index is 0.629. The van der Waals surface area contributed by atoms with Gasteiger partial charge in [0.1, 0.15) is 0 Å². The SMILES string of the molecule is SC1CCCC2=C1CC(C1CCC1)C2. The summed E-state index contributed by atoms with van der Waals surface area (Å²) in [6, 6.07) is 0. The molecule has 0 aromatic carbocycles. The lowest BCUT2D eigenvalue weighted by molar-refractivity contribution is 0.211. The van der Waals surface area contributed by atoms with Gasteiger partial charge in [-0.15, -0.1) is 0 Å². The molecule has 0 nitrogen and oxygen atoms in total. The van der Waals surface area contributed by atoms with Gasteiger partial charge in [-0.2, -0.15) is 12.6 Å². The van der Waals surface area contributed by atoms with Crippen molar-refractivity contribution >= 4 is 12.6 Å². The molecule has 2 atom stereocenters. The Morgan fingerprint density at radius 1 is 0.929 bits per heavy atom. The number of rotatable bonds is 1. The van der Waals surface area contributed by atoms with Crippen LogP contribution in [0.25, 0.3) is 0 Å². The van der Waals surface area contributed by atoms with E-state index < -0.39 is 0 Å². The van der Waals surface area contributed by atoms with Gasteiger partial charge in [-0.1, -0.05) is 30.4 Å². The Bertz CT molecular complexity index is 262. The molecule has 0 N–H and O–H groups in total. The zero-order chi connectivity index (χ0) is 9.54. The Labute approximate surface area is 92.6 Å². The van der Waals surface area contributed by atoms with Crippen LogP contribution >= 0.6 is 12.6 Å². The van der Waals surface area contributed by atoms with Gasteiger partial charge in [0.05, 0.1) is 0 Å². The smallest absolute Gasteiger partial charge is 0.0229 e. The van der Waals surface area contributed by atoms with Gasteiger partial charge in [-0.3, -0.25) is 0 Å². The first-order chi connectivity index (χ1) is 6.84. The summed E-state index contributed by atoms with van der Waals surface area (Å²) in [6.45, 7) is 0. The van der Waals surface area contributed by atoms with Crippen LogP contribution in [0.5, 0.6) is 0 Å². The lowest BCUT2D eigenvalue weighted by Gasteiger charge is -2.31. The van der Waals surface area contributed by atoms with E-state index in [2.05, 4.69) is 0 Å². The largest absolute Gasteiger partial charge is 0.171 e. The number of hydrogen-bond donors (Lipinski definition) is 1.